The van der Waals surface area contributed by atoms with Gasteiger partial charge in [0.2, 0.25) is 5.76 Å². The average molecular weight is 404 g/mol. The summed E-state index contributed by atoms with van der Waals surface area (Å²) in [5, 5.41) is 0.758. The largest absolute Gasteiger partial charge is 0.450 e. The van der Waals surface area contributed by atoms with Crippen LogP contribution < -0.4 is 10.3 Å². The lowest BCUT2D eigenvalue weighted by atomic mass is 9.99. The second-order valence-electron chi connectivity index (χ2n) is 6.81. The molecule has 3 aromatic heterocycles. The van der Waals surface area contributed by atoms with E-state index in [1.807, 2.05) is 19.1 Å². The molecule has 5 rings (SSSR count). The Bertz CT molecular complexity index is 1330. The molecule has 0 aliphatic carbocycles. The molecule has 142 valence electrons. The minimum absolute atomic E-state index is 0.0231. The number of aryl methyl sites for hydroxylation is 1. The summed E-state index contributed by atoms with van der Waals surface area (Å²) >= 11 is 6.09. The zero-order valence-electron chi connectivity index (χ0n) is 15.3. The van der Waals surface area contributed by atoms with Gasteiger partial charge < -0.3 is 4.42 Å². The number of hydrogen-bond donors (Lipinski definition) is 0. The van der Waals surface area contributed by atoms with Crippen LogP contribution in [0.25, 0.3) is 11.0 Å². The van der Waals surface area contributed by atoms with Crippen LogP contribution in [0.3, 0.4) is 0 Å². The van der Waals surface area contributed by atoms with Crippen molar-refractivity contribution in [3.63, 3.8) is 0 Å². The number of halogens is 1. The average Bonchev–Trinajstić information content (AvgIpc) is 3.02. The van der Waals surface area contributed by atoms with Crippen LogP contribution in [-0.4, -0.2) is 15.9 Å². The fourth-order valence-electron chi connectivity index (χ4n) is 3.71. The van der Waals surface area contributed by atoms with Crippen LogP contribution in [-0.2, 0) is 0 Å². The molecule has 1 aliphatic rings. The van der Waals surface area contributed by atoms with Crippen molar-refractivity contribution in [2.24, 2.45) is 0 Å². The molecular formula is C22H14ClN3O3. The maximum Gasteiger partial charge on any atom is 0.296 e. The van der Waals surface area contributed by atoms with Crippen molar-refractivity contribution in [1.29, 1.82) is 0 Å². The van der Waals surface area contributed by atoms with Gasteiger partial charge in [0.15, 0.2) is 5.43 Å². The lowest BCUT2D eigenvalue weighted by Gasteiger charge is -2.24. The zero-order chi connectivity index (χ0) is 20.1. The molecule has 0 bridgehead atoms. The van der Waals surface area contributed by atoms with Gasteiger partial charge in [0.1, 0.15) is 11.4 Å². The van der Waals surface area contributed by atoms with E-state index in [4.69, 9.17) is 16.0 Å². The Balaban J connectivity index is 1.84. The van der Waals surface area contributed by atoms with E-state index in [0.717, 1.165) is 11.3 Å². The third-order valence-corrected chi connectivity index (χ3v) is 5.21. The topological polar surface area (TPSA) is 76.3 Å². The second kappa shape index (κ2) is 6.53. The van der Waals surface area contributed by atoms with E-state index in [9.17, 15) is 9.59 Å². The summed E-state index contributed by atoms with van der Waals surface area (Å²) < 4.78 is 5.89. The van der Waals surface area contributed by atoms with E-state index in [0.29, 0.717) is 21.8 Å². The summed E-state index contributed by atoms with van der Waals surface area (Å²) in [4.78, 5) is 36.8. The lowest BCUT2D eigenvalue weighted by Crippen LogP contribution is -2.30. The van der Waals surface area contributed by atoms with Crippen LogP contribution in [0.5, 0.6) is 0 Å². The fourth-order valence-corrected chi connectivity index (χ4v) is 3.88. The molecule has 7 heteroatoms. The van der Waals surface area contributed by atoms with Gasteiger partial charge >= 0.3 is 0 Å². The van der Waals surface area contributed by atoms with E-state index >= 15 is 0 Å². The molecule has 1 atom stereocenters. The molecule has 0 saturated heterocycles. The number of aromatic nitrogens is 2. The van der Waals surface area contributed by atoms with Gasteiger partial charge in [0.25, 0.3) is 5.91 Å². The maximum atomic E-state index is 13.4. The number of carbonyl (C=O) groups is 1. The Morgan fingerprint density at radius 2 is 1.86 bits per heavy atom. The zero-order valence-corrected chi connectivity index (χ0v) is 16.1. The monoisotopic (exact) mass is 403 g/mol. The van der Waals surface area contributed by atoms with Gasteiger partial charge in [0.05, 0.1) is 17.0 Å². The first-order valence-corrected chi connectivity index (χ1v) is 9.36. The van der Waals surface area contributed by atoms with Crippen molar-refractivity contribution in [2.75, 3.05) is 4.90 Å². The molecule has 6 nitrogen and oxygen atoms in total. The Morgan fingerprint density at radius 3 is 2.62 bits per heavy atom. The highest BCUT2D eigenvalue weighted by Gasteiger charge is 2.44. The first-order chi connectivity index (χ1) is 14.0. The minimum Gasteiger partial charge on any atom is -0.450 e. The summed E-state index contributed by atoms with van der Waals surface area (Å²) in [7, 11) is 0. The van der Waals surface area contributed by atoms with E-state index < -0.39 is 11.9 Å². The summed E-state index contributed by atoms with van der Waals surface area (Å²) in [5.74, 6) is 0.0634. The number of fused-ring (bicyclic) bond motifs is 2. The smallest absolute Gasteiger partial charge is 0.296 e. The van der Waals surface area contributed by atoms with Crippen molar-refractivity contribution < 1.29 is 9.21 Å². The summed E-state index contributed by atoms with van der Waals surface area (Å²) in [6.45, 7) is 1.85. The number of nitrogens with zero attached hydrogens (tertiary/aromatic N) is 3. The van der Waals surface area contributed by atoms with Gasteiger partial charge in [0, 0.05) is 23.1 Å². The van der Waals surface area contributed by atoms with E-state index in [-0.39, 0.29) is 16.8 Å². The van der Waals surface area contributed by atoms with Gasteiger partial charge in [-0.15, -0.1) is 0 Å². The fraction of sp³-hybridized carbons (Fsp3) is 0.0909. The number of amides is 1. The van der Waals surface area contributed by atoms with Crippen molar-refractivity contribution in [3.05, 3.63) is 98.8 Å². The van der Waals surface area contributed by atoms with Crippen LogP contribution in [0.4, 0.5) is 5.82 Å². The molecule has 29 heavy (non-hydrogen) atoms. The molecule has 4 heterocycles. The molecular weight excluding hydrogens is 390 g/mol. The number of carbonyl (C=O) groups excluding carboxylic acids is 1. The second-order valence-corrected chi connectivity index (χ2v) is 7.25. The maximum absolute atomic E-state index is 13.4. The molecule has 4 aromatic rings. The van der Waals surface area contributed by atoms with Crippen molar-refractivity contribution in [1.82, 2.24) is 9.97 Å². The van der Waals surface area contributed by atoms with Crippen LogP contribution in [0.1, 0.15) is 33.4 Å². The minimum atomic E-state index is -0.672. The molecule has 0 N–H and O–H groups in total. The van der Waals surface area contributed by atoms with Crippen LogP contribution >= 0.6 is 11.6 Å². The molecule has 0 radical (unpaired) electrons. The quantitative estimate of drug-likeness (QED) is 0.499. The number of hydrogen-bond acceptors (Lipinski definition) is 5. The third kappa shape index (κ3) is 2.72. The predicted octanol–water partition coefficient (Wildman–Crippen LogP) is 4.29. The van der Waals surface area contributed by atoms with Gasteiger partial charge in [-0.05, 0) is 55.0 Å². The Kier molecular flexibility index (Phi) is 3.96. The number of benzene rings is 1. The summed E-state index contributed by atoms with van der Waals surface area (Å²) in [6.07, 6.45) is 3.25. The SMILES string of the molecule is Cc1cccc(N2C(=O)c3oc4ccc(Cl)cc4c(=O)c3[C@H]2c2ccncc2)n1. The molecule has 0 saturated carbocycles. The summed E-state index contributed by atoms with van der Waals surface area (Å²) in [5.41, 5.74) is 1.81. The molecule has 0 unspecified atom stereocenters. The standard InChI is InChI=1S/C22H14ClN3O3/c1-12-3-2-4-17(25-12)26-19(13-7-9-24-10-8-13)18-20(27)15-11-14(23)5-6-16(15)29-21(18)22(26)28/h2-11,19H,1H3/t19-/m1/s1. The molecule has 0 fully saturated rings. The Hall–Kier alpha value is -3.51. The number of anilines is 1. The summed E-state index contributed by atoms with van der Waals surface area (Å²) in [6, 6.07) is 13.1. The van der Waals surface area contributed by atoms with Gasteiger partial charge in [-0.25, -0.2) is 4.98 Å². The van der Waals surface area contributed by atoms with E-state index in [2.05, 4.69) is 9.97 Å². The van der Waals surface area contributed by atoms with Gasteiger partial charge in [-0.1, -0.05) is 17.7 Å². The first kappa shape index (κ1) is 17.6. The number of pyridine rings is 2. The first-order valence-electron chi connectivity index (χ1n) is 8.98. The highest BCUT2D eigenvalue weighted by atomic mass is 35.5. The molecule has 0 spiro atoms. The molecule has 1 amide bonds. The lowest BCUT2D eigenvalue weighted by molar-refractivity contribution is 0.0970. The van der Waals surface area contributed by atoms with E-state index in [1.165, 1.54) is 4.90 Å². The Labute approximate surface area is 170 Å². The van der Waals surface area contributed by atoms with E-state index in [1.54, 1.807) is 48.8 Å². The van der Waals surface area contributed by atoms with Crippen molar-refractivity contribution in [2.45, 2.75) is 13.0 Å². The van der Waals surface area contributed by atoms with Crippen LogP contribution in [0, 0.1) is 6.92 Å². The highest BCUT2D eigenvalue weighted by Crippen LogP contribution is 2.40. The van der Waals surface area contributed by atoms with Crippen LogP contribution in [0.2, 0.25) is 5.02 Å². The highest BCUT2D eigenvalue weighted by molar-refractivity contribution is 6.31. The molecule has 1 aromatic carbocycles. The number of rotatable bonds is 2. The Morgan fingerprint density at radius 1 is 1.07 bits per heavy atom. The van der Waals surface area contributed by atoms with Crippen molar-refractivity contribution >= 4 is 34.3 Å². The molecule has 1 aliphatic heterocycles. The van der Waals surface area contributed by atoms with Gasteiger partial charge in [-0.3, -0.25) is 19.5 Å². The van der Waals surface area contributed by atoms with Crippen LogP contribution in [0.15, 0.2) is 70.1 Å². The van der Waals surface area contributed by atoms with Crippen molar-refractivity contribution in [3.8, 4) is 0 Å². The third-order valence-electron chi connectivity index (χ3n) is 4.97. The normalized spacial score (nSPS) is 15.7. The predicted molar refractivity (Wildman–Crippen MR) is 109 cm³/mol. The van der Waals surface area contributed by atoms with Gasteiger partial charge in [-0.2, -0.15) is 0 Å².